The molecule has 20 heavy (non-hydrogen) atoms. The lowest BCUT2D eigenvalue weighted by Crippen LogP contribution is -2.46. The maximum absolute atomic E-state index is 12.2. The third-order valence-corrected chi connectivity index (χ3v) is 3.76. The third-order valence-electron chi connectivity index (χ3n) is 3.76. The molecule has 6 nitrogen and oxygen atoms in total. The van der Waals surface area contributed by atoms with Gasteiger partial charge in [-0.1, -0.05) is 25.5 Å². The molecule has 1 amide bonds. The zero-order chi connectivity index (χ0) is 14.5. The summed E-state index contributed by atoms with van der Waals surface area (Å²) in [7, 11) is 0. The molecule has 0 spiro atoms. The van der Waals surface area contributed by atoms with Crippen LogP contribution >= 0.6 is 0 Å². The predicted molar refractivity (Wildman–Crippen MR) is 76.5 cm³/mol. The smallest absolute Gasteiger partial charge is 0.292 e. The normalized spacial score (nSPS) is 22.2. The molecule has 1 heterocycles. The van der Waals surface area contributed by atoms with Gasteiger partial charge in [-0.25, -0.2) is 0 Å². The van der Waals surface area contributed by atoms with Gasteiger partial charge >= 0.3 is 0 Å². The second-order valence-electron chi connectivity index (χ2n) is 5.07. The highest BCUT2D eigenvalue weighted by molar-refractivity contribution is 5.96. The van der Waals surface area contributed by atoms with Crippen molar-refractivity contribution in [2.45, 2.75) is 32.2 Å². The number of para-hydroxylation sites is 2. The first kappa shape index (κ1) is 14.5. The number of hydrogen-bond acceptors (Lipinski definition) is 4. The number of carbonyl (C=O) groups excluding carboxylic acids is 1. The lowest BCUT2D eigenvalue weighted by molar-refractivity contribution is -0.383. The molecule has 108 valence electrons. The molecule has 1 saturated heterocycles. The Labute approximate surface area is 117 Å². The molecule has 2 rings (SSSR count). The molecule has 0 aliphatic carbocycles. The lowest BCUT2D eigenvalue weighted by atomic mass is 9.90. The fourth-order valence-corrected chi connectivity index (χ4v) is 2.53. The highest BCUT2D eigenvalue weighted by atomic mass is 16.6. The Hall–Kier alpha value is -1.95. The summed E-state index contributed by atoms with van der Waals surface area (Å²) < 4.78 is 0. The summed E-state index contributed by atoms with van der Waals surface area (Å²) >= 11 is 0. The van der Waals surface area contributed by atoms with Crippen LogP contribution in [0.15, 0.2) is 24.3 Å². The quantitative estimate of drug-likeness (QED) is 0.653. The van der Waals surface area contributed by atoms with Crippen molar-refractivity contribution in [2.24, 2.45) is 5.92 Å². The van der Waals surface area contributed by atoms with Crippen molar-refractivity contribution in [1.29, 1.82) is 0 Å². The minimum atomic E-state index is -0.487. The van der Waals surface area contributed by atoms with Gasteiger partial charge in [0.2, 0.25) is 5.91 Å². The number of nitrogens with zero attached hydrogens (tertiary/aromatic N) is 1. The van der Waals surface area contributed by atoms with Gasteiger partial charge < -0.3 is 10.6 Å². The largest absolute Gasteiger partial charge is 0.319 e. The number of amides is 1. The summed E-state index contributed by atoms with van der Waals surface area (Å²) in [5.74, 6) is 0.343. The van der Waals surface area contributed by atoms with Crippen LogP contribution in [0.1, 0.15) is 26.2 Å². The van der Waals surface area contributed by atoms with E-state index in [4.69, 9.17) is 0 Å². The van der Waals surface area contributed by atoms with E-state index in [1.807, 2.05) is 0 Å². The fourth-order valence-electron chi connectivity index (χ4n) is 2.53. The third kappa shape index (κ3) is 3.33. The van der Waals surface area contributed by atoms with Crippen LogP contribution in [0.25, 0.3) is 0 Å². The number of rotatable bonds is 4. The predicted octanol–water partition coefficient (Wildman–Crippen LogP) is 2.31. The van der Waals surface area contributed by atoms with Crippen molar-refractivity contribution in [1.82, 2.24) is 5.32 Å². The summed E-state index contributed by atoms with van der Waals surface area (Å²) in [6.07, 6.45) is 2.91. The molecule has 1 aromatic carbocycles. The van der Waals surface area contributed by atoms with Crippen LogP contribution in [0, 0.1) is 16.0 Å². The van der Waals surface area contributed by atoms with E-state index >= 15 is 0 Å². The number of carbonyl (C=O) groups is 1. The zero-order valence-corrected chi connectivity index (χ0v) is 11.5. The van der Waals surface area contributed by atoms with Gasteiger partial charge in [0.15, 0.2) is 0 Å². The van der Waals surface area contributed by atoms with Gasteiger partial charge in [0.05, 0.1) is 11.0 Å². The summed E-state index contributed by atoms with van der Waals surface area (Å²) in [4.78, 5) is 22.6. The number of nitro groups is 1. The monoisotopic (exact) mass is 277 g/mol. The molecule has 0 radical (unpaired) electrons. The van der Waals surface area contributed by atoms with Crippen molar-refractivity contribution in [3.05, 3.63) is 34.4 Å². The van der Waals surface area contributed by atoms with Gasteiger partial charge in [0.25, 0.3) is 5.69 Å². The van der Waals surface area contributed by atoms with E-state index in [-0.39, 0.29) is 23.3 Å². The molecular formula is C14H19N3O3. The molecule has 0 aromatic heterocycles. The lowest BCUT2D eigenvalue weighted by Gasteiger charge is -2.28. The number of nitro benzene ring substituents is 1. The Bertz CT molecular complexity index is 504. The number of piperidine rings is 1. The molecule has 1 aliphatic rings. The van der Waals surface area contributed by atoms with Crippen LogP contribution in [-0.2, 0) is 4.79 Å². The Morgan fingerprint density at radius 2 is 2.25 bits per heavy atom. The minimum absolute atomic E-state index is 0.0799. The van der Waals surface area contributed by atoms with Gasteiger partial charge in [-0.15, -0.1) is 0 Å². The first-order valence-electron chi connectivity index (χ1n) is 6.89. The van der Waals surface area contributed by atoms with E-state index in [2.05, 4.69) is 17.6 Å². The van der Waals surface area contributed by atoms with Gasteiger partial charge in [-0.3, -0.25) is 14.9 Å². The van der Waals surface area contributed by atoms with Crippen LogP contribution < -0.4 is 10.6 Å². The number of anilines is 1. The van der Waals surface area contributed by atoms with Crippen molar-refractivity contribution < 1.29 is 9.72 Å². The maximum Gasteiger partial charge on any atom is 0.292 e. The number of nitrogens with one attached hydrogen (secondary N) is 2. The highest BCUT2D eigenvalue weighted by Crippen LogP contribution is 2.25. The zero-order valence-electron chi connectivity index (χ0n) is 11.5. The average Bonchev–Trinajstić information content (AvgIpc) is 2.47. The molecule has 1 aliphatic heterocycles. The van der Waals surface area contributed by atoms with E-state index in [9.17, 15) is 14.9 Å². The van der Waals surface area contributed by atoms with Gasteiger partial charge in [0.1, 0.15) is 5.69 Å². The molecule has 2 atom stereocenters. The summed E-state index contributed by atoms with van der Waals surface area (Å²) in [5.41, 5.74) is 0.173. The first-order valence-corrected chi connectivity index (χ1v) is 6.89. The van der Waals surface area contributed by atoms with Gasteiger partial charge in [0, 0.05) is 6.07 Å². The van der Waals surface area contributed by atoms with Gasteiger partial charge in [-0.2, -0.15) is 0 Å². The van der Waals surface area contributed by atoms with Crippen molar-refractivity contribution in [3.63, 3.8) is 0 Å². The molecular weight excluding hydrogens is 258 g/mol. The topological polar surface area (TPSA) is 84.3 Å². The average molecular weight is 277 g/mol. The van der Waals surface area contributed by atoms with Crippen LogP contribution in [0.2, 0.25) is 0 Å². The molecule has 6 heteroatoms. The van der Waals surface area contributed by atoms with Gasteiger partial charge in [-0.05, 0) is 31.4 Å². The molecule has 1 aromatic rings. The standard InChI is InChI=1S/C14H19N3O3/c1-2-10-7-8-15-12(9-10)14(18)16-11-5-3-4-6-13(11)17(19)20/h3-6,10,12,15H,2,7-9H2,1H3,(H,16,18). The fraction of sp³-hybridized carbons (Fsp3) is 0.500. The second kappa shape index (κ2) is 6.47. The number of hydrogen-bond donors (Lipinski definition) is 2. The van der Waals surface area contributed by atoms with Crippen LogP contribution in [0.5, 0.6) is 0 Å². The molecule has 0 bridgehead atoms. The first-order chi connectivity index (χ1) is 9.61. The van der Waals surface area contributed by atoms with E-state index in [0.29, 0.717) is 5.92 Å². The minimum Gasteiger partial charge on any atom is -0.319 e. The molecule has 0 saturated carbocycles. The summed E-state index contributed by atoms with van der Waals surface area (Å²) in [5, 5.41) is 16.7. The SMILES string of the molecule is CCC1CCNC(C(=O)Nc2ccccc2[N+](=O)[O-])C1. The van der Waals surface area contributed by atoms with Crippen molar-refractivity contribution in [3.8, 4) is 0 Å². The highest BCUT2D eigenvalue weighted by Gasteiger charge is 2.27. The van der Waals surface area contributed by atoms with E-state index < -0.39 is 4.92 Å². The number of benzene rings is 1. The Morgan fingerprint density at radius 1 is 1.50 bits per heavy atom. The molecule has 2 unspecified atom stereocenters. The van der Waals surface area contributed by atoms with Crippen LogP contribution in [-0.4, -0.2) is 23.4 Å². The van der Waals surface area contributed by atoms with Crippen LogP contribution in [0.3, 0.4) is 0 Å². The molecule has 2 N–H and O–H groups in total. The van der Waals surface area contributed by atoms with E-state index in [1.165, 1.54) is 6.07 Å². The van der Waals surface area contributed by atoms with E-state index in [0.717, 1.165) is 25.8 Å². The van der Waals surface area contributed by atoms with Crippen molar-refractivity contribution in [2.75, 3.05) is 11.9 Å². The Kier molecular flexibility index (Phi) is 4.68. The van der Waals surface area contributed by atoms with Crippen LogP contribution in [0.4, 0.5) is 11.4 Å². The Morgan fingerprint density at radius 3 is 2.95 bits per heavy atom. The summed E-state index contributed by atoms with van der Waals surface area (Å²) in [6.45, 7) is 2.93. The molecule has 1 fully saturated rings. The van der Waals surface area contributed by atoms with E-state index in [1.54, 1.807) is 18.2 Å². The Balaban J connectivity index is 2.06. The van der Waals surface area contributed by atoms with Crippen molar-refractivity contribution >= 4 is 17.3 Å². The second-order valence-corrected chi connectivity index (χ2v) is 5.07. The summed E-state index contributed by atoms with van der Waals surface area (Å²) in [6, 6.07) is 5.92. The maximum atomic E-state index is 12.2.